The molecular formula is C14H16F3N3O3. The van der Waals surface area contributed by atoms with E-state index in [0.717, 1.165) is 6.07 Å². The third kappa shape index (κ3) is 4.13. The maximum Gasteiger partial charge on any atom is 0.428 e. The minimum absolute atomic E-state index is 0.122. The molecule has 0 aliphatic carbocycles. The second kappa shape index (κ2) is 6.86. The Morgan fingerprint density at radius 3 is 2.74 bits per heavy atom. The molecule has 126 valence electrons. The number of anilines is 1. The molecule has 1 aromatic rings. The first-order valence-electron chi connectivity index (χ1n) is 6.93. The number of rotatable bonds is 5. The van der Waals surface area contributed by atoms with Crippen molar-refractivity contribution in [3.63, 3.8) is 0 Å². The number of nitrogens with one attached hydrogen (secondary N) is 2. The number of ether oxygens (including phenoxy) is 1. The zero-order chi connectivity index (χ0) is 17.0. The Hall–Kier alpha value is -2.29. The summed E-state index contributed by atoms with van der Waals surface area (Å²) in [5, 5.41) is 15.5. The van der Waals surface area contributed by atoms with E-state index in [1.165, 1.54) is 12.1 Å². The van der Waals surface area contributed by atoms with E-state index in [0.29, 0.717) is 6.42 Å². The van der Waals surface area contributed by atoms with E-state index in [-0.39, 0.29) is 30.2 Å². The predicted octanol–water partition coefficient (Wildman–Crippen LogP) is 2.33. The summed E-state index contributed by atoms with van der Waals surface area (Å²) in [5.41, 5.74) is 1.44. The highest BCUT2D eigenvalue weighted by Gasteiger charge is 2.34. The maximum atomic E-state index is 13.3. The molecule has 1 unspecified atom stereocenters. The van der Waals surface area contributed by atoms with Crippen molar-refractivity contribution < 1.29 is 27.8 Å². The van der Waals surface area contributed by atoms with Crippen molar-refractivity contribution >= 4 is 17.5 Å². The summed E-state index contributed by atoms with van der Waals surface area (Å²) in [4.78, 5) is 10.9. The molecule has 0 saturated carbocycles. The van der Waals surface area contributed by atoms with E-state index >= 15 is 0 Å². The largest absolute Gasteiger partial charge is 0.442 e. The van der Waals surface area contributed by atoms with Gasteiger partial charge in [0.2, 0.25) is 0 Å². The van der Waals surface area contributed by atoms with Crippen molar-refractivity contribution in [3.8, 4) is 0 Å². The highest BCUT2D eigenvalue weighted by Crippen LogP contribution is 2.36. The molecule has 0 saturated heterocycles. The maximum absolute atomic E-state index is 13.3. The molecule has 2 rings (SSSR count). The summed E-state index contributed by atoms with van der Waals surface area (Å²) >= 11 is 0. The number of aliphatic hydroxyl groups excluding tert-OH is 1. The summed E-state index contributed by atoms with van der Waals surface area (Å²) in [6.07, 6.45) is -4.86. The SMILES string of the molecule is CCC(CO)Nc1ccc(C2=NNC(=O)OC2)cc1C(F)(F)F. The van der Waals surface area contributed by atoms with Gasteiger partial charge >= 0.3 is 12.3 Å². The van der Waals surface area contributed by atoms with Gasteiger partial charge in [0.25, 0.3) is 0 Å². The van der Waals surface area contributed by atoms with E-state index in [2.05, 4.69) is 20.6 Å². The van der Waals surface area contributed by atoms with Crippen molar-refractivity contribution in [2.24, 2.45) is 5.10 Å². The number of amides is 1. The molecule has 3 N–H and O–H groups in total. The van der Waals surface area contributed by atoms with Gasteiger partial charge in [0, 0.05) is 17.3 Å². The predicted molar refractivity (Wildman–Crippen MR) is 77.3 cm³/mol. The molecule has 1 atom stereocenters. The number of hydrazone groups is 1. The lowest BCUT2D eigenvalue weighted by Gasteiger charge is -2.21. The zero-order valence-corrected chi connectivity index (χ0v) is 12.3. The molecule has 1 aromatic carbocycles. The van der Waals surface area contributed by atoms with Crippen molar-refractivity contribution in [1.29, 1.82) is 0 Å². The smallest absolute Gasteiger partial charge is 0.428 e. The topological polar surface area (TPSA) is 83.0 Å². The van der Waals surface area contributed by atoms with Crippen LogP contribution in [-0.2, 0) is 10.9 Å². The molecule has 0 spiro atoms. The van der Waals surface area contributed by atoms with Gasteiger partial charge in [-0.1, -0.05) is 13.0 Å². The minimum Gasteiger partial charge on any atom is -0.442 e. The van der Waals surface area contributed by atoms with Crippen LogP contribution in [0.3, 0.4) is 0 Å². The Labute approximate surface area is 130 Å². The zero-order valence-electron chi connectivity index (χ0n) is 12.3. The van der Waals surface area contributed by atoms with Crippen molar-refractivity contribution in [2.45, 2.75) is 25.6 Å². The third-order valence-corrected chi connectivity index (χ3v) is 3.35. The molecule has 0 fully saturated rings. The van der Waals surface area contributed by atoms with Gasteiger partial charge in [-0.25, -0.2) is 10.2 Å². The van der Waals surface area contributed by atoms with Crippen LogP contribution in [0.1, 0.15) is 24.5 Å². The first kappa shape index (κ1) is 17.1. The van der Waals surface area contributed by atoms with Crippen LogP contribution in [0.25, 0.3) is 0 Å². The minimum atomic E-state index is -4.58. The molecule has 6 nitrogen and oxygen atoms in total. The lowest BCUT2D eigenvalue weighted by molar-refractivity contribution is -0.137. The number of carbonyl (C=O) groups excluding carboxylic acids is 1. The number of benzene rings is 1. The van der Waals surface area contributed by atoms with Crippen molar-refractivity contribution in [1.82, 2.24) is 5.43 Å². The van der Waals surface area contributed by atoms with Crippen LogP contribution < -0.4 is 10.7 Å². The van der Waals surface area contributed by atoms with E-state index in [4.69, 9.17) is 5.11 Å². The van der Waals surface area contributed by atoms with Crippen LogP contribution in [0.2, 0.25) is 0 Å². The van der Waals surface area contributed by atoms with E-state index < -0.39 is 23.9 Å². The Bertz CT molecular complexity index is 613. The van der Waals surface area contributed by atoms with Gasteiger partial charge in [-0.3, -0.25) is 0 Å². The van der Waals surface area contributed by atoms with E-state index in [1.807, 2.05) is 0 Å². The second-order valence-electron chi connectivity index (χ2n) is 4.94. The first-order valence-corrected chi connectivity index (χ1v) is 6.93. The van der Waals surface area contributed by atoms with Crippen molar-refractivity contribution in [2.75, 3.05) is 18.5 Å². The fraction of sp³-hybridized carbons (Fsp3) is 0.429. The fourth-order valence-corrected chi connectivity index (χ4v) is 2.04. The number of aliphatic hydroxyl groups is 1. The molecule has 9 heteroatoms. The molecule has 1 heterocycles. The van der Waals surface area contributed by atoms with Crippen LogP contribution in [0.15, 0.2) is 23.3 Å². The molecule has 0 aromatic heterocycles. The molecular weight excluding hydrogens is 315 g/mol. The molecule has 23 heavy (non-hydrogen) atoms. The summed E-state index contributed by atoms with van der Waals surface area (Å²) in [6.45, 7) is 1.28. The van der Waals surface area contributed by atoms with Gasteiger partial charge in [-0.05, 0) is 18.6 Å². The summed E-state index contributed by atoms with van der Waals surface area (Å²) in [5.74, 6) is 0. The number of halogens is 3. The summed E-state index contributed by atoms with van der Waals surface area (Å²) < 4.78 is 44.5. The van der Waals surface area contributed by atoms with Crippen LogP contribution in [0.4, 0.5) is 23.7 Å². The van der Waals surface area contributed by atoms with Gasteiger partial charge in [-0.2, -0.15) is 18.3 Å². The van der Waals surface area contributed by atoms with Gasteiger partial charge in [0.15, 0.2) is 0 Å². The Morgan fingerprint density at radius 2 is 2.22 bits per heavy atom. The van der Waals surface area contributed by atoms with Crippen LogP contribution in [-0.4, -0.2) is 36.2 Å². The molecule has 1 aliphatic heterocycles. The quantitative estimate of drug-likeness (QED) is 0.773. The van der Waals surface area contributed by atoms with Crippen LogP contribution in [0, 0.1) is 0 Å². The highest BCUT2D eigenvalue weighted by molar-refractivity contribution is 6.04. The Kier molecular flexibility index (Phi) is 5.09. The third-order valence-electron chi connectivity index (χ3n) is 3.35. The van der Waals surface area contributed by atoms with E-state index in [9.17, 15) is 18.0 Å². The fourth-order valence-electron chi connectivity index (χ4n) is 2.04. The number of nitrogens with zero attached hydrogens (tertiary/aromatic N) is 1. The number of hydrogen-bond donors (Lipinski definition) is 3. The lowest BCUT2D eigenvalue weighted by Crippen LogP contribution is -2.31. The molecule has 1 amide bonds. The summed E-state index contributed by atoms with van der Waals surface area (Å²) in [6, 6.07) is 3.18. The lowest BCUT2D eigenvalue weighted by atomic mass is 10.0. The van der Waals surface area contributed by atoms with Gasteiger partial charge < -0.3 is 15.2 Å². The standard InChI is InChI=1S/C14H16F3N3O3/c1-2-9(6-21)18-11-4-3-8(5-10(11)14(15,16)17)12-7-23-13(22)20-19-12/h3-5,9,18,21H,2,6-7H2,1H3,(H,20,22). The number of carbonyl (C=O) groups is 1. The Morgan fingerprint density at radius 1 is 1.48 bits per heavy atom. The van der Waals surface area contributed by atoms with E-state index in [1.54, 1.807) is 6.92 Å². The van der Waals surface area contributed by atoms with Crippen LogP contribution in [0.5, 0.6) is 0 Å². The normalized spacial score (nSPS) is 16.2. The highest BCUT2D eigenvalue weighted by atomic mass is 19.4. The first-order chi connectivity index (χ1) is 10.8. The average Bonchev–Trinajstić information content (AvgIpc) is 2.52. The number of hydrogen-bond acceptors (Lipinski definition) is 5. The van der Waals surface area contributed by atoms with Gasteiger partial charge in [-0.15, -0.1) is 0 Å². The second-order valence-corrected chi connectivity index (χ2v) is 4.94. The summed E-state index contributed by atoms with van der Waals surface area (Å²) in [7, 11) is 0. The molecule has 0 bridgehead atoms. The van der Waals surface area contributed by atoms with Gasteiger partial charge in [0.05, 0.1) is 12.2 Å². The molecule has 0 radical (unpaired) electrons. The number of alkyl halides is 3. The number of cyclic esters (lactones) is 1. The van der Waals surface area contributed by atoms with Crippen molar-refractivity contribution in [3.05, 3.63) is 29.3 Å². The van der Waals surface area contributed by atoms with Gasteiger partial charge in [0.1, 0.15) is 12.3 Å². The van der Waals surface area contributed by atoms with Crippen LogP contribution >= 0.6 is 0 Å². The molecule has 1 aliphatic rings. The average molecular weight is 331 g/mol. The Balaban J connectivity index is 2.37. The monoisotopic (exact) mass is 331 g/mol.